The van der Waals surface area contributed by atoms with Gasteiger partial charge >= 0.3 is 0 Å². The van der Waals surface area contributed by atoms with Gasteiger partial charge in [0.25, 0.3) is 0 Å². The highest BCUT2D eigenvalue weighted by molar-refractivity contribution is 5.60. The first-order chi connectivity index (χ1) is 17.2. The molecule has 4 aliphatic heterocycles. The number of benzene rings is 1. The van der Waals surface area contributed by atoms with E-state index in [-0.39, 0.29) is 0 Å². The fourth-order valence-electron chi connectivity index (χ4n) is 4.05. The Balaban J connectivity index is 1.36. The topological polar surface area (TPSA) is 132 Å². The summed E-state index contributed by atoms with van der Waals surface area (Å²) in [6.07, 6.45) is 9.36. The van der Waals surface area contributed by atoms with Crippen LogP contribution in [0.4, 0.5) is 11.6 Å². The van der Waals surface area contributed by atoms with Gasteiger partial charge in [-0.1, -0.05) is 0 Å². The minimum absolute atomic E-state index is 0.497. The molecule has 0 saturated heterocycles. The molecule has 1 atom stereocenters. The van der Waals surface area contributed by atoms with E-state index in [9.17, 15) is 5.11 Å². The number of hydrogen-bond acceptors (Lipinski definition) is 6. The molecule has 1 unspecified atom stereocenters. The average molecular weight is 477 g/mol. The van der Waals surface area contributed by atoms with E-state index in [4.69, 9.17) is 4.74 Å². The lowest BCUT2D eigenvalue weighted by Gasteiger charge is -2.13. The van der Waals surface area contributed by atoms with Gasteiger partial charge in [0.1, 0.15) is 12.0 Å². The molecule has 0 aliphatic carbocycles. The second kappa shape index (κ2) is 11.1. The second-order valence-corrected chi connectivity index (χ2v) is 8.77. The highest BCUT2D eigenvalue weighted by Gasteiger charge is 2.07. The summed E-state index contributed by atoms with van der Waals surface area (Å²) in [6, 6.07) is 11.9. The highest BCUT2D eigenvalue weighted by atomic mass is 16.5. The molecule has 0 amide bonds. The standard InChI is InChI=1S/C25H32N8O2/c34-24-4-1-2-13-35-21-8-5-19(6-9-21)29-25-27-16-23-22(30-25)10-7-20(31-32-23)14-18-15-28-33(17-18)12-3-11-26-24/h5-10,15-17,24,26,31-32,34H,1-4,11-14H2,(H2,27,29,30). The number of aromatic nitrogens is 6. The molecule has 2 aromatic rings. The van der Waals surface area contributed by atoms with Crippen LogP contribution < -0.4 is 15.4 Å². The number of aryl methyl sites for hydroxylation is 1. The fraction of sp³-hybridized carbons (Fsp3) is 0.360. The first-order valence-electron chi connectivity index (χ1n) is 12.1. The lowest BCUT2D eigenvalue weighted by atomic mass is 10.2. The van der Waals surface area contributed by atoms with Gasteiger partial charge in [0.05, 0.1) is 30.4 Å². The Hall–Kier alpha value is -3.76. The third-order valence-corrected chi connectivity index (χ3v) is 5.96. The van der Waals surface area contributed by atoms with Gasteiger partial charge in [-0.15, -0.1) is 0 Å². The van der Waals surface area contributed by atoms with Gasteiger partial charge in [0.2, 0.25) is 5.95 Å². The Morgan fingerprint density at radius 1 is 0.971 bits per heavy atom. The molecule has 10 nitrogen and oxygen atoms in total. The van der Waals surface area contributed by atoms with Crippen LogP contribution in [-0.2, 0) is 13.0 Å². The largest absolute Gasteiger partial charge is 0.494 e. The first kappa shape index (κ1) is 23.0. The molecule has 5 heterocycles. The number of aliphatic hydroxyl groups excluding tert-OH is 1. The van der Waals surface area contributed by atoms with E-state index in [1.54, 1.807) is 6.20 Å². The molecular weight excluding hydrogens is 444 g/mol. The maximum absolute atomic E-state index is 10.2. The van der Waals surface area contributed by atoms with E-state index >= 15 is 0 Å². The number of fused-ring (bicyclic) bond motifs is 11. The molecule has 1 aromatic carbocycles. The molecule has 10 heteroatoms. The van der Waals surface area contributed by atoms with Crippen molar-refractivity contribution in [2.24, 2.45) is 0 Å². The van der Waals surface area contributed by atoms with Crippen LogP contribution >= 0.6 is 0 Å². The van der Waals surface area contributed by atoms with Crippen molar-refractivity contribution in [3.63, 3.8) is 0 Å². The number of anilines is 2. The normalized spacial score (nSPS) is 17.6. The van der Waals surface area contributed by atoms with Crippen molar-refractivity contribution in [2.75, 3.05) is 18.5 Å². The van der Waals surface area contributed by atoms with Crippen LogP contribution in [0.15, 0.2) is 55.0 Å². The Labute approximate surface area is 203 Å². The van der Waals surface area contributed by atoms with Gasteiger partial charge in [-0.2, -0.15) is 5.10 Å². The number of rotatable bonds is 0. The third-order valence-electron chi connectivity index (χ3n) is 5.96. The molecule has 6 rings (SSSR count). The quantitative estimate of drug-likeness (QED) is 0.229. The summed E-state index contributed by atoms with van der Waals surface area (Å²) in [6.45, 7) is 2.15. The van der Waals surface area contributed by atoms with Crippen molar-refractivity contribution in [3.05, 3.63) is 66.2 Å². The maximum Gasteiger partial charge on any atom is 0.205 e. The van der Waals surface area contributed by atoms with Gasteiger partial charge in [-0.05, 0) is 74.2 Å². The highest BCUT2D eigenvalue weighted by Crippen LogP contribution is 2.21. The van der Waals surface area contributed by atoms with Crippen LogP contribution in [-0.4, -0.2) is 54.4 Å². The molecule has 184 valence electrons. The van der Waals surface area contributed by atoms with Gasteiger partial charge in [-0.3, -0.25) is 15.1 Å². The molecule has 0 saturated carbocycles. The van der Waals surface area contributed by atoms with Crippen LogP contribution in [0, 0.1) is 0 Å². The molecule has 0 fully saturated rings. The summed E-state index contributed by atoms with van der Waals surface area (Å²) < 4.78 is 7.80. The van der Waals surface area contributed by atoms with E-state index < -0.39 is 6.23 Å². The van der Waals surface area contributed by atoms with Crippen LogP contribution in [0.3, 0.4) is 0 Å². The van der Waals surface area contributed by atoms with Crippen molar-refractivity contribution >= 4 is 11.6 Å². The number of H-pyrrole nitrogens is 3. The van der Waals surface area contributed by atoms with Gasteiger partial charge in [0, 0.05) is 30.5 Å². The monoisotopic (exact) mass is 476 g/mol. The van der Waals surface area contributed by atoms with Crippen molar-refractivity contribution in [3.8, 4) is 17.1 Å². The number of hydrogen-bond donors (Lipinski definition) is 6. The van der Waals surface area contributed by atoms with Crippen molar-refractivity contribution in [1.29, 1.82) is 0 Å². The number of ether oxygens (including phenoxy) is 1. The van der Waals surface area contributed by atoms with Gasteiger partial charge in [0.15, 0.2) is 0 Å². The summed E-state index contributed by atoms with van der Waals surface area (Å²) in [5.41, 5.74) is 4.83. The van der Waals surface area contributed by atoms with E-state index in [0.29, 0.717) is 19.0 Å². The molecule has 1 aromatic heterocycles. The Morgan fingerprint density at radius 3 is 2.80 bits per heavy atom. The van der Waals surface area contributed by atoms with Crippen LogP contribution in [0.2, 0.25) is 0 Å². The number of aromatic amines is 3. The Kier molecular flexibility index (Phi) is 7.30. The number of nitrogens with one attached hydrogen (secondary N) is 5. The molecule has 4 aliphatic rings. The van der Waals surface area contributed by atoms with Crippen molar-refractivity contribution in [1.82, 2.24) is 35.3 Å². The summed E-state index contributed by atoms with van der Waals surface area (Å²) in [4.78, 5) is 7.83. The number of aliphatic hydroxyl groups is 1. The zero-order chi connectivity index (χ0) is 23.9. The average Bonchev–Trinajstić information content (AvgIpc) is 3.21. The predicted octanol–water partition coefficient (Wildman–Crippen LogP) is 3.69. The van der Waals surface area contributed by atoms with Gasteiger partial charge in [-0.25, -0.2) is 4.98 Å². The molecule has 0 spiro atoms. The van der Waals surface area contributed by atoms with Crippen LogP contribution in [0.1, 0.15) is 36.9 Å². The van der Waals surface area contributed by atoms with E-state index in [1.165, 1.54) is 0 Å². The lowest BCUT2D eigenvalue weighted by Crippen LogP contribution is -2.30. The van der Waals surface area contributed by atoms with Crippen LogP contribution in [0.25, 0.3) is 11.4 Å². The molecular formula is C25H32N8O2. The molecule has 0 radical (unpaired) electrons. The minimum atomic E-state index is -0.497. The Morgan fingerprint density at radius 2 is 1.89 bits per heavy atom. The van der Waals surface area contributed by atoms with Crippen LogP contribution in [0.5, 0.6) is 5.75 Å². The summed E-state index contributed by atoms with van der Waals surface area (Å²) >= 11 is 0. The third kappa shape index (κ3) is 6.43. The second-order valence-electron chi connectivity index (χ2n) is 8.77. The number of nitrogens with zero attached hydrogens (tertiary/aromatic N) is 3. The van der Waals surface area contributed by atoms with Gasteiger partial charge < -0.3 is 25.2 Å². The zero-order valence-corrected chi connectivity index (χ0v) is 19.6. The smallest absolute Gasteiger partial charge is 0.205 e. The van der Waals surface area contributed by atoms with E-state index in [2.05, 4.69) is 48.2 Å². The summed E-state index contributed by atoms with van der Waals surface area (Å²) in [5, 5.41) is 27.7. The zero-order valence-electron chi connectivity index (χ0n) is 19.6. The maximum atomic E-state index is 10.2. The molecule has 7 bridgehead atoms. The summed E-state index contributed by atoms with van der Waals surface area (Å²) in [7, 11) is 0. The lowest BCUT2D eigenvalue weighted by molar-refractivity contribution is 0.122. The minimum Gasteiger partial charge on any atom is -0.494 e. The molecule has 35 heavy (non-hydrogen) atoms. The predicted molar refractivity (Wildman–Crippen MR) is 134 cm³/mol. The molecule has 6 N–H and O–H groups in total. The van der Waals surface area contributed by atoms with E-state index in [0.717, 1.165) is 72.9 Å². The van der Waals surface area contributed by atoms with Crippen molar-refractivity contribution in [2.45, 2.75) is 44.9 Å². The first-order valence-corrected chi connectivity index (χ1v) is 12.1. The Bertz CT molecular complexity index is 1220. The van der Waals surface area contributed by atoms with Crippen molar-refractivity contribution < 1.29 is 9.84 Å². The summed E-state index contributed by atoms with van der Waals surface area (Å²) in [5.74, 6) is 1.47. The fourth-order valence-corrected chi connectivity index (χ4v) is 4.05. The van der Waals surface area contributed by atoms with E-state index in [1.807, 2.05) is 41.2 Å². The SMILES string of the molecule is OC1CCCCOc2ccc(cc2)Nc2ncc3[nH][nH]c(ccc-3[nH]2)Cc2cnn(c2)CCCN1.